The summed E-state index contributed by atoms with van der Waals surface area (Å²) in [5.74, 6) is -0.334. The van der Waals surface area contributed by atoms with Crippen LogP contribution >= 0.6 is 0 Å². The van der Waals surface area contributed by atoms with Crippen molar-refractivity contribution in [2.75, 3.05) is 33.4 Å². The maximum absolute atomic E-state index is 11.6. The van der Waals surface area contributed by atoms with Gasteiger partial charge in [-0.05, 0) is 25.7 Å². The molecule has 1 atom stereocenters. The number of rotatable bonds is 4. The summed E-state index contributed by atoms with van der Waals surface area (Å²) in [5, 5.41) is 0. The molecule has 0 radical (unpaired) electrons. The van der Waals surface area contributed by atoms with Crippen LogP contribution in [0.3, 0.4) is 0 Å². The van der Waals surface area contributed by atoms with Crippen LogP contribution in [-0.2, 0) is 14.3 Å². The van der Waals surface area contributed by atoms with Gasteiger partial charge in [-0.2, -0.15) is 0 Å². The standard InChI is InChI=1S/C12H22N2O4/c1-3-18-12(16)14-6-4-9(5-7-14)10(8-13)11(15)17-2/h9-10H,3-8,13H2,1-2H3. The number of hydrogen-bond donors (Lipinski definition) is 1. The van der Waals surface area contributed by atoms with Crippen LogP contribution in [0.25, 0.3) is 0 Å². The fraction of sp³-hybridized carbons (Fsp3) is 0.833. The largest absolute Gasteiger partial charge is 0.469 e. The number of amides is 1. The SMILES string of the molecule is CCOC(=O)N1CCC(C(CN)C(=O)OC)CC1. The van der Waals surface area contributed by atoms with Crippen molar-refractivity contribution >= 4 is 12.1 Å². The fourth-order valence-electron chi connectivity index (χ4n) is 2.33. The lowest BCUT2D eigenvalue weighted by atomic mass is 9.84. The van der Waals surface area contributed by atoms with Gasteiger partial charge >= 0.3 is 12.1 Å². The Bertz CT molecular complexity index is 288. The van der Waals surface area contributed by atoms with Gasteiger partial charge in [-0.25, -0.2) is 4.79 Å². The van der Waals surface area contributed by atoms with E-state index in [0.29, 0.717) is 19.7 Å². The number of nitrogens with zero attached hydrogens (tertiary/aromatic N) is 1. The van der Waals surface area contributed by atoms with E-state index in [1.807, 2.05) is 0 Å². The van der Waals surface area contributed by atoms with Gasteiger partial charge in [0.15, 0.2) is 0 Å². The highest BCUT2D eigenvalue weighted by atomic mass is 16.6. The number of esters is 1. The van der Waals surface area contributed by atoms with Gasteiger partial charge < -0.3 is 20.1 Å². The Morgan fingerprint density at radius 3 is 2.44 bits per heavy atom. The maximum atomic E-state index is 11.6. The molecule has 104 valence electrons. The van der Waals surface area contributed by atoms with Gasteiger partial charge in [0, 0.05) is 19.6 Å². The van der Waals surface area contributed by atoms with Crippen molar-refractivity contribution in [3.63, 3.8) is 0 Å². The topological polar surface area (TPSA) is 81.9 Å². The third-order valence-corrected chi connectivity index (χ3v) is 3.39. The average molecular weight is 258 g/mol. The molecule has 1 fully saturated rings. The maximum Gasteiger partial charge on any atom is 0.409 e. The summed E-state index contributed by atoms with van der Waals surface area (Å²) >= 11 is 0. The molecule has 18 heavy (non-hydrogen) atoms. The zero-order chi connectivity index (χ0) is 13.5. The Labute approximate surface area is 107 Å². The summed E-state index contributed by atoms with van der Waals surface area (Å²) in [6.07, 6.45) is 1.24. The Morgan fingerprint density at radius 2 is 2.00 bits per heavy atom. The zero-order valence-electron chi connectivity index (χ0n) is 11.1. The van der Waals surface area contributed by atoms with E-state index in [2.05, 4.69) is 0 Å². The van der Waals surface area contributed by atoms with Gasteiger partial charge in [0.05, 0.1) is 19.6 Å². The number of piperidine rings is 1. The second-order valence-electron chi connectivity index (χ2n) is 4.39. The monoisotopic (exact) mass is 258 g/mol. The molecule has 1 heterocycles. The molecule has 1 amide bonds. The molecular weight excluding hydrogens is 236 g/mol. The predicted molar refractivity (Wildman–Crippen MR) is 65.9 cm³/mol. The van der Waals surface area contributed by atoms with Crippen molar-refractivity contribution in [2.24, 2.45) is 17.6 Å². The van der Waals surface area contributed by atoms with E-state index in [4.69, 9.17) is 15.2 Å². The predicted octanol–water partition coefficient (Wildman–Crippen LogP) is 0.603. The first-order valence-corrected chi connectivity index (χ1v) is 6.33. The summed E-state index contributed by atoms with van der Waals surface area (Å²) in [6.45, 7) is 3.67. The molecule has 6 heteroatoms. The highest BCUT2D eigenvalue weighted by Crippen LogP contribution is 2.25. The van der Waals surface area contributed by atoms with Crippen LogP contribution in [0.15, 0.2) is 0 Å². The Morgan fingerprint density at radius 1 is 1.39 bits per heavy atom. The smallest absolute Gasteiger partial charge is 0.409 e. The first kappa shape index (κ1) is 14.8. The van der Waals surface area contributed by atoms with E-state index < -0.39 is 0 Å². The minimum atomic E-state index is -0.279. The third kappa shape index (κ3) is 3.60. The molecule has 1 rings (SSSR count). The van der Waals surface area contributed by atoms with E-state index >= 15 is 0 Å². The Kier molecular flexibility index (Phi) is 5.91. The molecule has 0 aromatic heterocycles. The molecule has 0 aromatic carbocycles. The number of carbonyl (C=O) groups is 2. The molecule has 0 aliphatic carbocycles. The Hall–Kier alpha value is -1.30. The van der Waals surface area contributed by atoms with Gasteiger partial charge in [-0.15, -0.1) is 0 Å². The summed E-state index contributed by atoms with van der Waals surface area (Å²) in [4.78, 5) is 24.7. The van der Waals surface area contributed by atoms with E-state index in [0.717, 1.165) is 12.8 Å². The average Bonchev–Trinajstić information content (AvgIpc) is 2.40. The highest BCUT2D eigenvalue weighted by Gasteiger charge is 2.32. The summed E-state index contributed by atoms with van der Waals surface area (Å²) in [6, 6.07) is 0. The molecule has 1 aliphatic rings. The van der Waals surface area contributed by atoms with E-state index in [1.165, 1.54) is 7.11 Å². The van der Waals surface area contributed by atoms with Crippen molar-refractivity contribution in [2.45, 2.75) is 19.8 Å². The molecule has 1 unspecified atom stereocenters. The van der Waals surface area contributed by atoms with Crippen molar-refractivity contribution in [3.05, 3.63) is 0 Å². The second kappa shape index (κ2) is 7.20. The normalized spacial score (nSPS) is 18.3. The molecule has 2 N–H and O–H groups in total. The van der Waals surface area contributed by atoms with Crippen LogP contribution in [0.1, 0.15) is 19.8 Å². The molecule has 6 nitrogen and oxygen atoms in total. The Balaban J connectivity index is 2.47. The van der Waals surface area contributed by atoms with Gasteiger partial charge in [0.25, 0.3) is 0 Å². The van der Waals surface area contributed by atoms with Crippen molar-refractivity contribution in [1.29, 1.82) is 0 Å². The lowest BCUT2D eigenvalue weighted by molar-refractivity contribution is -0.147. The summed E-state index contributed by atoms with van der Waals surface area (Å²) < 4.78 is 9.69. The van der Waals surface area contributed by atoms with Crippen LogP contribution < -0.4 is 5.73 Å². The first-order chi connectivity index (χ1) is 8.63. The fourth-order valence-corrected chi connectivity index (χ4v) is 2.33. The second-order valence-corrected chi connectivity index (χ2v) is 4.39. The number of nitrogens with two attached hydrogens (primary N) is 1. The van der Waals surface area contributed by atoms with Gasteiger partial charge in [0.2, 0.25) is 0 Å². The highest BCUT2D eigenvalue weighted by molar-refractivity contribution is 5.73. The zero-order valence-corrected chi connectivity index (χ0v) is 11.1. The molecule has 1 aliphatic heterocycles. The number of hydrogen-bond acceptors (Lipinski definition) is 5. The minimum absolute atomic E-state index is 0.188. The summed E-state index contributed by atoms with van der Waals surface area (Å²) in [5.41, 5.74) is 5.62. The molecule has 0 saturated carbocycles. The lowest BCUT2D eigenvalue weighted by Crippen LogP contribution is -2.43. The van der Waals surface area contributed by atoms with Gasteiger partial charge in [-0.1, -0.05) is 0 Å². The van der Waals surface area contributed by atoms with E-state index in [1.54, 1.807) is 11.8 Å². The number of carbonyl (C=O) groups excluding carboxylic acids is 2. The van der Waals surface area contributed by atoms with Crippen LogP contribution in [0.4, 0.5) is 4.79 Å². The van der Waals surface area contributed by atoms with Crippen LogP contribution in [0, 0.1) is 11.8 Å². The number of ether oxygens (including phenoxy) is 2. The number of methoxy groups -OCH3 is 1. The van der Waals surface area contributed by atoms with E-state index in [-0.39, 0.29) is 30.4 Å². The number of likely N-dealkylation sites (tertiary alicyclic amines) is 1. The van der Waals surface area contributed by atoms with Crippen molar-refractivity contribution in [1.82, 2.24) is 4.90 Å². The van der Waals surface area contributed by atoms with Crippen LogP contribution in [0.2, 0.25) is 0 Å². The molecule has 0 aromatic rings. The van der Waals surface area contributed by atoms with Crippen LogP contribution in [0.5, 0.6) is 0 Å². The summed E-state index contributed by atoms with van der Waals surface area (Å²) in [7, 11) is 1.37. The van der Waals surface area contributed by atoms with E-state index in [9.17, 15) is 9.59 Å². The quantitative estimate of drug-likeness (QED) is 0.747. The van der Waals surface area contributed by atoms with Crippen molar-refractivity contribution < 1.29 is 19.1 Å². The molecule has 0 spiro atoms. The molecule has 1 saturated heterocycles. The third-order valence-electron chi connectivity index (χ3n) is 3.39. The molecular formula is C12H22N2O4. The van der Waals surface area contributed by atoms with Crippen molar-refractivity contribution in [3.8, 4) is 0 Å². The van der Waals surface area contributed by atoms with Gasteiger partial charge in [-0.3, -0.25) is 4.79 Å². The van der Waals surface area contributed by atoms with Gasteiger partial charge in [0.1, 0.15) is 0 Å². The van der Waals surface area contributed by atoms with Crippen LogP contribution in [-0.4, -0.2) is 50.3 Å². The first-order valence-electron chi connectivity index (χ1n) is 6.33. The lowest BCUT2D eigenvalue weighted by Gasteiger charge is -2.34. The molecule has 0 bridgehead atoms. The minimum Gasteiger partial charge on any atom is -0.469 e.